The highest BCUT2D eigenvalue weighted by Gasteiger charge is 2.31. The Kier molecular flexibility index (Phi) is 11.5. The number of amides is 2. The number of carbonyl (C=O) groups is 2. The molecule has 0 aliphatic rings. The maximum Gasteiger partial charge on any atom is 0.247 e. The minimum Gasteiger partial charge on any atom is -0.493 e. The monoisotopic (exact) mass is 616 g/mol. The zero-order valence-electron chi connectivity index (χ0n) is 25.3. The predicted octanol–water partition coefficient (Wildman–Crippen LogP) is 6.05. The summed E-state index contributed by atoms with van der Waals surface area (Å²) in [4.78, 5) is 29.7. The Morgan fingerprint density at radius 2 is 1.25 bits per heavy atom. The number of carbonyl (C=O) groups excluding carboxylic acids is 2. The van der Waals surface area contributed by atoms with Gasteiger partial charge in [0.15, 0.2) is 23.0 Å². The lowest BCUT2D eigenvalue weighted by Crippen LogP contribution is -2.44. The minimum atomic E-state index is -0.884. The smallest absolute Gasteiger partial charge is 0.247 e. The fraction of sp³-hybridized carbons (Fsp3) is 0.257. The molecule has 0 saturated carbocycles. The predicted molar refractivity (Wildman–Crippen MR) is 171 cm³/mol. The van der Waals surface area contributed by atoms with Crippen molar-refractivity contribution in [2.75, 3.05) is 35.0 Å². The van der Waals surface area contributed by atoms with Gasteiger partial charge in [-0.3, -0.25) is 9.59 Å². The van der Waals surface area contributed by atoms with Crippen molar-refractivity contribution in [3.8, 4) is 23.0 Å². The summed E-state index contributed by atoms with van der Waals surface area (Å²) in [5.74, 6) is 1.83. The normalized spacial score (nSPS) is 11.3. The first-order valence-electron chi connectivity index (χ1n) is 14.1. The quantitative estimate of drug-likeness (QED) is 0.186. The zero-order chi connectivity index (χ0) is 31.5. The Morgan fingerprint density at radius 3 is 1.84 bits per heavy atom. The topological polar surface area (TPSA) is 86.3 Å². The fourth-order valence-electron chi connectivity index (χ4n) is 4.95. The second kappa shape index (κ2) is 15.7. The van der Waals surface area contributed by atoms with Crippen molar-refractivity contribution < 1.29 is 28.5 Å². The molecule has 230 valence electrons. The van der Waals surface area contributed by atoms with Crippen molar-refractivity contribution in [3.05, 3.63) is 118 Å². The number of nitrogens with one attached hydrogen (secondary N) is 1. The molecule has 4 rings (SSSR count). The number of methoxy groups -OCH3 is 4. The highest BCUT2D eigenvalue weighted by Crippen LogP contribution is 2.30. The van der Waals surface area contributed by atoms with E-state index < -0.39 is 6.04 Å². The average Bonchev–Trinajstić information content (AvgIpc) is 3.05. The zero-order valence-corrected chi connectivity index (χ0v) is 26.1. The first-order chi connectivity index (χ1) is 21.4. The third-order valence-corrected chi connectivity index (χ3v) is 7.48. The van der Waals surface area contributed by atoms with Crippen LogP contribution in [0.25, 0.3) is 0 Å². The number of rotatable bonds is 14. The first-order valence-corrected chi connectivity index (χ1v) is 14.5. The molecule has 0 aliphatic heterocycles. The van der Waals surface area contributed by atoms with Gasteiger partial charge in [-0.1, -0.05) is 66.2 Å². The molecule has 0 radical (unpaired) electrons. The summed E-state index contributed by atoms with van der Waals surface area (Å²) in [7, 11) is 6.28. The SMILES string of the molecule is COc1ccc(CCNC(=O)C(c2ccccc2)N(Cc2ccc(Cl)cc2)C(=O)Cc2ccc(OC)c(OC)c2)cc1OC. The molecule has 1 atom stereocenters. The molecule has 1 N–H and O–H groups in total. The van der Waals surface area contributed by atoms with E-state index in [1.54, 1.807) is 57.6 Å². The van der Waals surface area contributed by atoms with Crippen LogP contribution in [-0.2, 0) is 29.0 Å². The van der Waals surface area contributed by atoms with Crippen molar-refractivity contribution >= 4 is 23.4 Å². The van der Waals surface area contributed by atoms with Gasteiger partial charge < -0.3 is 29.2 Å². The summed E-state index contributed by atoms with van der Waals surface area (Å²) in [6.07, 6.45) is 0.612. The van der Waals surface area contributed by atoms with E-state index in [4.69, 9.17) is 30.5 Å². The summed E-state index contributed by atoms with van der Waals surface area (Å²) >= 11 is 6.14. The third kappa shape index (κ3) is 8.23. The van der Waals surface area contributed by atoms with Crippen LogP contribution in [0.3, 0.4) is 0 Å². The van der Waals surface area contributed by atoms with Crippen molar-refractivity contribution in [1.29, 1.82) is 0 Å². The highest BCUT2D eigenvalue weighted by atomic mass is 35.5. The van der Waals surface area contributed by atoms with E-state index in [-0.39, 0.29) is 24.8 Å². The maximum absolute atomic E-state index is 14.1. The standard InChI is InChI=1S/C35H37ClN2O6/c1-41-29-16-12-24(20-31(29)43-3)18-19-37-35(40)34(27-8-6-5-7-9-27)38(23-25-10-14-28(36)15-11-25)33(39)22-26-13-17-30(42-2)32(21-26)44-4/h5-17,20-21,34H,18-19,22-23H2,1-4H3,(H,37,40). The van der Waals surface area contributed by atoms with Crippen LogP contribution in [0, 0.1) is 0 Å². The molecule has 0 aliphatic carbocycles. The van der Waals surface area contributed by atoms with E-state index in [2.05, 4.69) is 5.32 Å². The first kappa shape index (κ1) is 32.2. The minimum absolute atomic E-state index is 0.0518. The van der Waals surface area contributed by atoms with Gasteiger partial charge in [0.1, 0.15) is 6.04 Å². The number of hydrogen-bond donors (Lipinski definition) is 1. The number of hydrogen-bond acceptors (Lipinski definition) is 6. The second-order valence-corrected chi connectivity index (χ2v) is 10.5. The molecule has 9 heteroatoms. The molecule has 0 bridgehead atoms. The van der Waals surface area contributed by atoms with E-state index in [1.807, 2.05) is 66.7 Å². The van der Waals surface area contributed by atoms with Gasteiger partial charge in [0.05, 0.1) is 34.9 Å². The molecule has 0 heterocycles. The van der Waals surface area contributed by atoms with Crippen LogP contribution in [0.1, 0.15) is 28.3 Å². The maximum atomic E-state index is 14.1. The molecule has 4 aromatic carbocycles. The van der Waals surface area contributed by atoms with Crippen LogP contribution in [0.15, 0.2) is 91.0 Å². The van der Waals surface area contributed by atoms with Gasteiger partial charge in [-0.05, 0) is 65.1 Å². The summed E-state index contributed by atoms with van der Waals surface area (Å²) in [6.45, 7) is 0.558. The Bertz CT molecular complexity index is 1550. The van der Waals surface area contributed by atoms with Gasteiger partial charge in [0, 0.05) is 18.1 Å². The lowest BCUT2D eigenvalue weighted by atomic mass is 10.0. The molecule has 44 heavy (non-hydrogen) atoms. The second-order valence-electron chi connectivity index (χ2n) is 10.1. The fourth-order valence-corrected chi connectivity index (χ4v) is 5.07. The van der Waals surface area contributed by atoms with E-state index in [9.17, 15) is 9.59 Å². The molecule has 4 aromatic rings. The highest BCUT2D eigenvalue weighted by molar-refractivity contribution is 6.30. The van der Waals surface area contributed by atoms with Crippen LogP contribution in [0.5, 0.6) is 23.0 Å². The molecule has 0 aromatic heterocycles. The average molecular weight is 617 g/mol. The summed E-state index contributed by atoms with van der Waals surface area (Å²) in [6, 6.07) is 26.7. The molecule has 2 amide bonds. The van der Waals surface area contributed by atoms with Crippen molar-refractivity contribution in [2.24, 2.45) is 0 Å². The number of ether oxygens (including phenoxy) is 4. The summed E-state index contributed by atoms with van der Waals surface area (Å²) < 4.78 is 21.6. The Balaban J connectivity index is 1.62. The van der Waals surface area contributed by atoms with Crippen LogP contribution >= 0.6 is 11.6 Å². The summed E-state index contributed by atoms with van der Waals surface area (Å²) in [5.41, 5.74) is 3.25. The molecule has 8 nitrogen and oxygen atoms in total. The molecular formula is C35H37ClN2O6. The van der Waals surface area contributed by atoms with Crippen LogP contribution in [-0.4, -0.2) is 51.7 Å². The van der Waals surface area contributed by atoms with Crippen molar-refractivity contribution in [3.63, 3.8) is 0 Å². The molecule has 0 spiro atoms. The lowest BCUT2D eigenvalue weighted by molar-refractivity contribution is -0.141. The van der Waals surface area contributed by atoms with Gasteiger partial charge >= 0.3 is 0 Å². The van der Waals surface area contributed by atoms with Crippen LogP contribution in [0.4, 0.5) is 0 Å². The molecular weight excluding hydrogens is 580 g/mol. The number of benzene rings is 4. The van der Waals surface area contributed by atoms with Crippen molar-refractivity contribution in [2.45, 2.75) is 25.4 Å². The van der Waals surface area contributed by atoms with E-state index in [0.29, 0.717) is 46.5 Å². The molecule has 1 unspecified atom stereocenters. The van der Waals surface area contributed by atoms with E-state index >= 15 is 0 Å². The van der Waals surface area contributed by atoms with E-state index in [1.165, 1.54) is 0 Å². The van der Waals surface area contributed by atoms with E-state index in [0.717, 1.165) is 16.7 Å². The van der Waals surface area contributed by atoms with Gasteiger partial charge in [-0.15, -0.1) is 0 Å². The van der Waals surface area contributed by atoms with Gasteiger partial charge in [-0.25, -0.2) is 0 Å². The van der Waals surface area contributed by atoms with Crippen LogP contribution in [0.2, 0.25) is 5.02 Å². The van der Waals surface area contributed by atoms with Crippen molar-refractivity contribution in [1.82, 2.24) is 10.2 Å². The molecule has 0 fully saturated rings. The Morgan fingerprint density at radius 1 is 0.705 bits per heavy atom. The Labute approximate surface area is 263 Å². The summed E-state index contributed by atoms with van der Waals surface area (Å²) in [5, 5.41) is 3.65. The largest absolute Gasteiger partial charge is 0.493 e. The van der Waals surface area contributed by atoms with Gasteiger partial charge in [0.2, 0.25) is 11.8 Å². The van der Waals surface area contributed by atoms with Crippen LogP contribution < -0.4 is 24.3 Å². The number of nitrogens with zero attached hydrogens (tertiary/aromatic N) is 1. The van der Waals surface area contributed by atoms with Gasteiger partial charge in [0.25, 0.3) is 0 Å². The third-order valence-electron chi connectivity index (χ3n) is 7.23. The lowest BCUT2D eigenvalue weighted by Gasteiger charge is -2.32. The van der Waals surface area contributed by atoms with Gasteiger partial charge in [-0.2, -0.15) is 0 Å². The molecule has 0 saturated heterocycles. The Hall–Kier alpha value is -4.69. The number of halogens is 1.